The van der Waals surface area contributed by atoms with Crippen molar-refractivity contribution in [1.29, 1.82) is 0 Å². The highest BCUT2D eigenvalue weighted by Crippen LogP contribution is 2.36. The van der Waals surface area contributed by atoms with E-state index in [0.29, 0.717) is 11.4 Å². The number of amides is 1. The third kappa shape index (κ3) is 5.55. The second kappa shape index (κ2) is 8.73. The van der Waals surface area contributed by atoms with Crippen LogP contribution in [-0.2, 0) is 23.9 Å². The molecule has 1 aromatic heterocycles. The first-order valence-corrected chi connectivity index (χ1v) is 9.00. The zero-order valence-electron chi connectivity index (χ0n) is 15.7. The lowest BCUT2D eigenvalue weighted by molar-refractivity contribution is -0.137. The van der Waals surface area contributed by atoms with E-state index in [1.807, 2.05) is 0 Å². The third-order valence-electron chi connectivity index (χ3n) is 4.09. The fourth-order valence-corrected chi connectivity index (χ4v) is 2.85. The van der Waals surface area contributed by atoms with Crippen LogP contribution in [0.2, 0.25) is 5.02 Å². The first-order chi connectivity index (χ1) is 13.0. The molecule has 28 heavy (non-hydrogen) atoms. The number of benzene rings is 1. The number of alkyl halides is 3. The minimum Gasteiger partial charge on any atom is -0.348 e. The first-order valence-electron chi connectivity index (χ1n) is 8.62. The molecule has 0 aliphatic heterocycles. The lowest BCUT2D eigenvalue weighted by Gasteiger charge is -2.13. The van der Waals surface area contributed by atoms with E-state index in [2.05, 4.69) is 10.3 Å². The van der Waals surface area contributed by atoms with Crippen LogP contribution in [0.1, 0.15) is 46.7 Å². The molecular weight excluding hydrogens is 393 g/mol. The predicted molar refractivity (Wildman–Crippen MR) is 100 cm³/mol. The molecule has 0 bridgehead atoms. The van der Waals surface area contributed by atoms with Crippen LogP contribution in [0.25, 0.3) is 0 Å². The first kappa shape index (κ1) is 21.9. The molecule has 1 heterocycles. The topological polar surface area (TPSA) is 59.1 Å². The van der Waals surface area contributed by atoms with Crippen LogP contribution >= 0.6 is 11.6 Å². The fourth-order valence-electron chi connectivity index (χ4n) is 2.55. The molecule has 0 saturated carbocycles. The van der Waals surface area contributed by atoms with Crippen molar-refractivity contribution in [1.82, 2.24) is 10.3 Å². The Hall–Kier alpha value is -2.41. The molecule has 0 saturated heterocycles. The summed E-state index contributed by atoms with van der Waals surface area (Å²) in [7, 11) is 0. The molecule has 2 rings (SSSR count). The van der Waals surface area contributed by atoms with E-state index in [9.17, 15) is 22.8 Å². The van der Waals surface area contributed by atoms with Gasteiger partial charge in [-0.3, -0.25) is 14.6 Å². The fraction of sp³-hybridized carbons (Fsp3) is 0.350. The van der Waals surface area contributed by atoms with Crippen LogP contribution in [0.3, 0.4) is 0 Å². The Morgan fingerprint density at radius 2 is 1.89 bits per heavy atom. The number of pyridine rings is 1. The van der Waals surface area contributed by atoms with Gasteiger partial charge >= 0.3 is 6.18 Å². The lowest BCUT2D eigenvalue weighted by atomic mass is 10.0. The van der Waals surface area contributed by atoms with Crippen molar-refractivity contribution in [3.05, 3.63) is 63.4 Å². The van der Waals surface area contributed by atoms with Crippen molar-refractivity contribution < 1.29 is 22.8 Å². The summed E-state index contributed by atoms with van der Waals surface area (Å²) >= 11 is 5.84. The van der Waals surface area contributed by atoms with E-state index in [1.54, 1.807) is 26.8 Å². The maximum atomic E-state index is 12.9. The Kier molecular flexibility index (Phi) is 6.82. The molecule has 0 aliphatic rings. The zero-order valence-corrected chi connectivity index (χ0v) is 16.4. The van der Waals surface area contributed by atoms with Crippen LogP contribution in [0, 0.1) is 12.8 Å². The lowest BCUT2D eigenvalue weighted by Crippen LogP contribution is -2.24. The SMILES string of the molecule is Cc1cc(C(=O)NCc2cccc(C(F)(F)F)c2Cl)cc(CC(=O)C(C)C)n1. The minimum atomic E-state index is -4.57. The highest BCUT2D eigenvalue weighted by atomic mass is 35.5. The Labute approximate surface area is 166 Å². The van der Waals surface area contributed by atoms with Gasteiger partial charge in [-0.05, 0) is 30.7 Å². The molecule has 0 unspecified atom stereocenters. The van der Waals surface area contributed by atoms with Gasteiger partial charge in [-0.25, -0.2) is 0 Å². The van der Waals surface area contributed by atoms with Crippen molar-refractivity contribution >= 4 is 23.3 Å². The number of ketones is 1. The summed E-state index contributed by atoms with van der Waals surface area (Å²) in [5.74, 6) is -0.639. The second-order valence-electron chi connectivity index (χ2n) is 6.75. The number of nitrogens with zero attached hydrogens (tertiary/aromatic N) is 1. The molecule has 0 spiro atoms. The number of hydrogen-bond acceptors (Lipinski definition) is 3. The number of rotatable bonds is 6. The summed E-state index contributed by atoms with van der Waals surface area (Å²) < 4.78 is 38.8. The molecule has 0 atom stereocenters. The van der Waals surface area contributed by atoms with Gasteiger partial charge in [0.15, 0.2) is 0 Å². The number of carbonyl (C=O) groups excluding carboxylic acids is 2. The highest BCUT2D eigenvalue weighted by molar-refractivity contribution is 6.32. The molecule has 0 aliphatic carbocycles. The van der Waals surface area contributed by atoms with Crippen LogP contribution in [-0.4, -0.2) is 16.7 Å². The molecule has 0 fully saturated rings. The molecule has 8 heteroatoms. The number of nitrogens with one attached hydrogen (secondary N) is 1. The van der Waals surface area contributed by atoms with E-state index in [4.69, 9.17) is 11.6 Å². The molecule has 1 aromatic carbocycles. The highest BCUT2D eigenvalue weighted by Gasteiger charge is 2.33. The van der Waals surface area contributed by atoms with E-state index in [1.165, 1.54) is 18.2 Å². The molecule has 150 valence electrons. The van der Waals surface area contributed by atoms with Gasteiger partial charge in [-0.15, -0.1) is 0 Å². The quantitative estimate of drug-likeness (QED) is 0.744. The largest absolute Gasteiger partial charge is 0.417 e. The molecular formula is C20H20ClF3N2O2. The van der Waals surface area contributed by atoms with Crippen LogP contribution < -0.4 is 5.32 Å². The van der Waals surface area contributed by atoms with Crippen molar-refractivity contribution in [3.63, 3.8) is 0 Å². The number of Topliss-reactive ketones (excluding diaryl/α,β-unsaturated/α-hetero) is 1. The van der Waals surface area contributed by atoms with Gasteiger partial charge in [0.2, 0.25) is 0 Å². The third-order valence-corrected chi connectivity index (χ3v) is 4.54. The number of aryl methyl sites for hydroxylation is 1. The van der Waals surface area contributed by atoms with Crippen molar-refractivity contribution in [2.75, 3.05) is 0 Å². The van der Waals surface area contributed by atoms with E-state index in [-0.39, 0.29) is 35.8 Å². The molecule has 1 amide bonds. The average Bonchev–Trinajstić information content (AvgIpc) is 2.58. The number of carbonyl (C=O) groups is 2. The summed E-state index contributed by atoms with van der Waals surface area (Å²) in [6.45, 7) is 5.10. The summed E-state index contributed by atoms with van der Waals surface area (Å²) in [6.07, 6.45) is -4.46. The van der Waals surface area contributed by atoms with E-state index >= 15 is 0 Å². The van der Waals surface area contributed by atoms with Crippen LogP contribution in [0.15, 0.2) is 30.3 Å². The number of hydrogen-bond donors (Lipinski definition) is 1. The molecule has 2 aromatic rings. The summed E-state index contributed by atoms with van der Waals surface area (Å²) in [5.41, 5.74) is 0.528. The van der Waals surface area contributed by atoms with Gasteiger partial charge in [0.05, 0.1) is 10.6 Å². The standard InChI is InChI=1S/C20H20ClF3N2O2/c1-11(2)17(27)9-15-8-14(7-12(3)26-15)19(28)25-10-13-5-4-6-16(18(13)21)20(22,23)24/h4-8,11H,9-10H2,1-3H3,(H,25,28). The molecule has 1 N–H and O–H groups in total. The maximum absolute atomic E-state index is 12.9. The predicted octanol–water partition coefficient (Wildman–Crippen LogP) is 4.76. The van der Waals surface area contributed by atoms with Crippen LogP contribution in [0.5, 0.6) is 0 Å². The van der Waals surface area contributed by atoms with Gasteiger partial charge in [0, 0.05) is 35.8 Å². The summed E-state index contributed by atoms with van der Waals surface area (Å²) in [4.78, 5) is 28.6. The summed E-state index contributed by atoms with van der Waals surface area (Å²) in [5, 5.41) is 2.12. The van der Waals surface area contributed by atoms with Gasteiger partial charge in [-0.2, -0.15) is 13.2 Å². The Balaban J connectivity index is 2.16. The number of halogens is 4. The smallest absolute Gasteiger partial charge is 0.348 e. The van der Waals surface area contributed by atoms with Crippen LogP contribution in [0.4, 0.5) is 13.2 Å². The molecule has 4 nitrogen and oxygen atoms in total. The monoisotopic (exact) mass is 412 g/mol. The van der Waals surface area contributed by atoms with Crippen molar-refractivity contribution in [2.24, 2.45) is 5.92 Å². The van der Waals surface area contributed by atoms with E-state index in [0.717, 1.165) is 6.07 Å². The number of aromatic nitrogens is 1. The van der Waals surface area contributed by atoms with Gasteiger partial charge in [0.1, 0.15) is 5.78 Å². The zero-order chi connectivity index (χ0) is 21.1. The second-order valence-corrected chi connectivity index (χ2v) is 7.12. The Morgan fingerprint density at radius 3 is 2.50 bits per heavy atom. The van der Waals surface area contributed by atoms with Gasteiger partial charge < -0.3 is 5.32 Å². The van der Waals surface area contributed by atoms with Gasteiger partial charge in [0.25, 0.3) is 5.91 Å². The summed E-state index contributed by atoms with van der Waals surface area (Å²) in [6, 6.07) is 6.60. The minimum absolute atomic E-state index is 0.000190. The normalized spacial score (nSPS) is 11.6. The molecule has 0 radical (unpaired) electrons. The van der Waals surface area contributed by atoms with E-state index < -0.39 is 22.7 Å². The maximum Gasteiger partial charge on any atom is 0.417 e. The van der Waals surface area contributed by atoms with Crippen molar-refractivity contribution in [3.8, 4) is 0 Å². The Morgan fingerprint density at radius 1 is 1.21 bits per heavy atom. The van der Waals surface area contributed by atoms with Crippen molar-refractivity contribution in [2.45, 2.75) is 39.9 Å². The Bertz CT molecular complexity index is 896. The average molecular weight is 413 g/mol. The van der Waals surface area contributed by atoms with Gasteiger partial charge in [-0.1, -0.05) is 37.6 Å².